The molecule has 0 saturated carbocycles. The van der Waals surface area contributed by atoms with Crippen LogP contribution in [0.2, 0.25) is 0 Å². The molecule has 1 amide bonds. The number of carbonyl (C=O) groups excluding carboxylic acids is 1. The van der Waals surface area contributed by atoms with Gasteiger partial charge in [-0.15, -0.1) is 0 Å². The fraction of sp³-hybridized carbons (Fsp3) is 0.350. The summed E-state index contributed by atoms with van der Waals surface area (Å²) in [6, 6.07) is 14.1. The lowest BCUT2D eigenvalue weighted by Gasteiger charge is -2.22. The number of likely N-dealkylation sites (N-methyl/N-ethyl adjacent to an activating group) is 1. The third-order valence-electron chi connectivity index (χ3n) is 4.36. The van der Waals surface area contributed by atoms with E-state index in [2.05, 4.69) is 11.4 Å². The fourth-order valence-corrected chi connectivity index (χ4v) is 4.06. The van der Waals surface area contributed by atoms with E-state index in [1.54, 1.807) is 18.2 Å². The molecule has 1 N–H and O–H groups in total. The third-order valence-corrected chi connectivity index (χ3v) is 6.18. The molecule has 0 saturated heterocycles. The molecule has 5 nitrogen and oxygen atoms in total. The largest absolute Gasteiger partial charge is 0.348 e. The minimum absolute atomic E-state index is 0.143. The maximum atomic E-state index is 12.5. The lowest BCUT2D eigenvalue weighted by Crippen LogP contribution is -2.39. The first-order valence-electron chi connectivity index (χ1n) is 8.63. The molecule has 0 aromatic heterocycles. The monoisotopic (exact) mass is 374 g/mol. The maximum absolute atomic E-state index is 12.5. The van der Waals surface area contributed by atoms with Gasteiger partial charge in [-0.25, -0.2) is 8.42 Å². The van der Waals surface area contributed by atoms with Gasteiger partial charge in [-0.05, 0) is 43.5 Å². The van der Waals surface area contributed by atoms with Crippen LogP contribution in [0, 0.1) is 13.8 Å². The molecule has 0 radical (unpaired) electrons. The molecule has 6 heteroatoms. The summed E-state index contributed by atoms with van der Waals surface area (Å²) in [5.41, 5.74) is 3.34. The fourth-order valence-electron chi connectivity index (χ4n) is 2.92. The van der Waals surface area contributed by atoms with Gasteiger partial charge in [0.1, 0.15) is 0 Å². The van der Waals surface area contributed by atoms with Gasteiger partial charge in [0.15, 0.2) is 0 Å². The summed E-state index contributed by atoms with van der Waals surface area (Å²) in [5, 5.41) is 2.95. The van der Waals surface area contributed by atoms with Crippen molar-refractivity contribution in [1.82, 2.24) is 9.62 Å². The highest BCUT2D eigenvalue weighted by Crippen LogP contribution is 2.22. The van der Waals surface area contributed by atoms with Gasteiger partial charge in [0, 0.05) is 7.05 Å². The Hall–Kier alpha value is -2.18. The van der Waals surface area contributed by atoms with Gasteiger partial charge in [0.2, 0.25) is 15.9 Å². The summed E-state index contributed by atoms with van der Waals surface area (Å²) in [6.07, 6.45) is 0.727. The van der Waals surface area contributed by atoms with Gasteiger partial charge >= 0.3 is 0 Å². The molecule has 0 aliphatic heterocycles. The number of nitrogens with zero attached hydrogens (tertiary/aromatic N) is 1. The van der Waals surface area contributed by atoms with Crippen LogP contribution in [-0.2, 0) is 14.8 Å². The topological polar surface area (TPSA) is 66.5 Å². The van der Waals surface area contributed by atoms with E-state index in [-0.39, 0.29) is 23.4 Å². The van der Waals surface area contributed by atoms with E-state index in [9.17, 15) is 13.2 Å². The quantitative estimate of drug-likeness (QED) is 0.809. The Bertz CT molecular complexity index is 864. The summed E-state index contributed by atoms with van der Waals surface area (Å²) < 4.78 is 26.1. The van der Waals surface area contributed by atoms with Crippen LogP contribution in [-0.4, -0.2) is 32.2 Å². The average Bonchev–Trinajstić information content (AvgIpc) is 2.60. The van der Waals surface area contributed by atoms with Crippen LogP contribution in [0.15, 0.2) is 53.4 Å². The Labute approximate surface area is 156 Å². The highest BCUT2D eigenvalue weighted by Gasteiger charge is 2.24. The van der Waals surface area contributed by atoms with Gasteiger partial charge in [0.25, 0.3) is 0 Å². The van der Waals surface area contributed by atoms with Crippen molar-refractivity contribution in [1.29, 1.82) is 0 Å². The molecular formula is C20H26N2O3S. The second-order valence-corrected chi connectivity index (χ2v) is 8.51. The summed E-state index contributed by atoms with van der Waals surface area (Å²) in [6.45, 7) is 5.82. The number of carbonyl (C=O) groups is 1. The molecule has 0 fully saturated rings. The minimum Gasteiger partial charge on any atom is -0.348 e. The number of amides is 1. The second kappa shape index (κ2) is 8.47. The van der Waals surface area contributed by atoms with Crippen molar-refractivity contribution < 1.29 is 13.2 Å². The Morgan fingerprint density at radius 1 is 1.12 bits per heavy atom. The smallest absolute Gasteiger partial charge is 0.243 e. The SMILES string of the molecule is CC[C@H](NC(=O)CN(C)S(=O)(=O)c1ccccc1)c1ccc(C)cc1C. The lowest BCUT2D eigenvalue weighted by atomic mass is 9.97. The van der Waals surface area contributed by atoms with Crippen LogP contribution < -0.4 is 5.32 Å². The number of nitrogens with one attached hydrogen (secondary N) is 1. The lowest BCUT2D eigenvalue weighted by molar-refractivity contribution is -0.121. The van der Waals surface area contributed by atoms with Crippen LogP contribution in [0.25, 0.3) is 0 Å². The molecule has 140 valence electrons. The van der Waals surface area contributed by atoms with Gasteiger partial charge in [-0.3, -0.25) is 4.79 Å². The van der Waals surface area contributed by atoms with Crippen LogP contribution in [0.4, 0.5) is 0 Å². The van der Waals surface area contributed by atoms with Gasteiger partial charge < -0.3 is 5.32 Å². The molecule has 0 aliphatic carbocycles. The van der Waals surface area contributed by atoms with Crippen molar-refractivity contribution in [3.8, 4) is 0 Å². The van der Waals surface area contributed by atoms with Crippen LogP contribution in [0.3, 0.4) is 0 Å². The van der Waals surface area contributed by atoms with Gasteiger partial charge in [-0.2, -0.15) is 4.31 Å². The summed E-state index contributed by atoms with van der Waals surface area (Å²) in [4.78, 5) is 12.6. The van der Waals surface area contributed by atoms with E-state index in [0.717, 1.165) is 21.9 Å². The van der Waals surface area contributed by atoms with Crippen molar-refractivity contribution in [2.24, 2.45) is 0 Å². The molecular weight excluding hydrogens is 348 g/mol. The van der Waals surface area contributed by atoms with E-state index in [1.165, 1.54) is 24.7 Å². The Balaban J connectivity index is 2.09. The van der Waals surface area contributed by atoms with Crippen molar-refractivity contribution in [3.63, 3.8) is 0 Å². The van der Waals surface area contributed by atoms with Crippen LogP contribution in [0.5, 0.6) is 0 Å². The molecule has 2 aromatic rings. The molecule has 2 rings (SSSR count). The maximum Gasteiger partial charge on any atom is 0.243 e. The Morgan fingerprint density at radius 3 is 2.35 bits per heavy atom. The van der Waals surface area contributed by atoms with Gasteiger partial charge in [0.05, 0.1) is 17.5 Å². The summed E-state index contributed by atoms with van der Waals surface area (Å²) >= 11 is 0. The van der Waals surface area contributed by atoms with E-state index in [4.69, 9.17) is 0 Å². The number of sulfonamides is 1. The predicted octanol–water partition coefficient (Wildman–Crippen LogP) is 3.19. The van der Waals surface area contributed by atoms with E-state index < -0.39 is 10.0 Å². The number of rotatable bonds is 7. The summed E-state index contributed by atoms with van der Waals surface area (Å²) in [7, 11) is -2.27. The minimum atomic E-state index is -3.68. The van der Waals surface area contributed by atoms with E-state index in [0.29, 0.717) is 0 Å². The molecule has 0 heterocycles. The van der Waals surface area contributed by atoms with Crippen LogP contribution >= 0.6 is 0 Å². The Morgan fingerprint density at radius 2 is 1.77 bits per heavy atom. The molecule has 26 heavy (non-hydrogen) atoms. The normalized spacial score (nSPS) is 12.8. The second-order valence-electron chi connectivity index (χ2n) is 6.46. The molecule has 0 spiro atoms. The van der Waals surface area contributed by atoms with E-state index >= 15 is 0 Å². The molecule has 0 unspecified atom stereocenters. The first-order chi connectivity index (χ1) is 12.3. The predicted molar refractivity (Wildman–Crippen MR) is 103 cm³/mol. The van der Waals surface area contributed by atoms with Gasteiger partial charge in [-0.1, -0.05) is 48.9 Å². The highest BCUT2D eigenvalue weighted by molar-refractivity contribution is 7.89. The number of hydrogen-bond acceptors (Lipinski definition) is 3. The zero-order chi connectivity index (χ0) is 19.3. The zero-order valence-corrected chi connectivity index (χ0v) is 16.5. The van der Waals surface area contributed by atoms with Crippen molar-refractivity contribution >= 4 is 15.9 Å². The van der Waals surface area contributed by atoms with Crippen LogP contribution in [0.1, 0.15) is 36.1 Å². The Kier molecular flexibility index (Phi) is 6.56. The van der Waals surface area contributed by atoms with Crippen molar-refractivity contribution in [3.05, 3.63) is 65.2 Å². The number of benzene rings is 2. The summed E-state index contributed by atoms with van der Waals surface area (Å²) in [5.74, 6) is -0.321. The van der Waals surface area contributed by atoms with Crippen molar-refractivity contribution in [2.45, 2.75) is 38.1 Å². The van der Waals surface area contributed by atoms with Crippen molar-refractivity contribution in [2.75, 3.05) is 13.6 Å². The first-order valence-corrected chi connectivity index (χ1v) is 10.1. The average molecular weight is 375 g/mol. The van der Waals surface area contributed by atoms with E-state index in [1.807, 2.05) is 32.9 Å². The highest BCUT2D eigenvalue weighted by atomic mass is 32.2. The third kappa shape index (κ3) is 4.71. The molecule has 0 bridgehead atoms. The zero-order valence-electron chi connectivity index (χ0n) is 15.7. The standard InChI is InChI=1S/C20H26N2O3S/c1-5-19(18-12-11-15(2)13-16(18)3)21-20(23)14-22(4)26(24,25)17-9-7-6-8-10-17/h6-13,19H,5,14H2,1-4H3,(H,21,23)/t19-/m0/s1. The molecule has 1 atom stereocenters. The first kappa shape index (κ1) is 20.1. The number of aryl methyl sites for hydroxylation is 2. The molecule has 0 aliphatic rings. The number of hydrogen-bond donors (Lipinski definition) is 1. The molecule has 2 aromatic carbocycles.